The summed E-state index contributed by atoms with van der Waals surface area (Å²) >= 11 is 20.1. The fraction of sp³-hybridized carbons (Fsp3) is 1.00. The van der Waals surface area contributed by atoms with Crippen molar-refractivity contribution in [1.29, 1.82) is 0 Å². The van der Waals surface area contributed by atoms with Gasteiger partial charge in [-0.05, 0) is 55.4 Å². The summed E-state index contributed by atoms with van der Waals surface area (Å²) in [4.78, 5) is 0. The van der Waals surface area contributed by atoms with Crippen molar-refractivity contribution in [2.75, 3.05) is 6.61 Å². The van der Waals surface area contributed by atoms with Crippen LogP contribution in [-0.4, -0.2) is 6.61 Å². The van der Waals surface area contributed by atoms with Crippen LogP contribution in [0.2, 0.25) is 0 Å². The maximum absolute atomic E-state index is 5.40. The Morgan fingerprint density at radius 1 is 1.46 bits per heavy atom. The Labute approximate surface area is 104 Å². The van der Waals surface area contributed by atoms with E-state index in [1.54, 1.807) is 0 Å². The van der Waals surface area contributed by atoms with E-state index in [9.17, 15) is 0 Å². The molecule has 0 aromatic heterocycles. The first-order valence-electron chi connectivity index (χ1n) is 3.33. The van der Waals surface area contributed by atoms with Crippen LogP contribution >= 0.6 is 0 Å². The standard InChI is InChI=1S/C4H9OS8/c1-2-3-4-5-11(7)13(9)12(8)10-6/h2-4H2,1H3/q-1. The first-order valence-corrected chi connectivity index (χ1v) is 13.0. The molecule has 0 N–H and O–H groups in total. The Balaban J connectivity index is 4.91. The van der Waals surface area contributed by atoms with Gasteiger partial charge in [-0.3, -0.25) is 0 Å². The minimum atomic E-state index is -0.600. The third-order valence-electron chi connectivity index (χ3n) is 0.955. The van der Waals surface area contributed by atoms with Crippen molar-refractivity contribution in [3.05, 3.63) is 0 Å². The van der Waals surface area contributed by atoms with Gasteiger partial charge in [0.2, 0.25) is 0 Å². The van der Waals surface area contributed by atoms with Crippen molar-refractivity contribution in [2.45, 2.75) is 19.8 Å². The van der Waals surface area contributed by atoms with Gasteiger partial charge >= 0.3 is 0 Å². The largest absolute Gasteiger partial charge is 0.466 e. The third-order valence-corrected chi connectivity index (χ3v) is 21.1. The molecular formula is C4H9OS8-. The summed E-state index contributed by atoms with van der Waals surface area (Å²) < 4.78 is 5.40. The first kappa shape index (κ1) is 14.8. The second kappa shape index (κ2) is 9.10. The van der Waals surface area contributed by atoms with Crippen molar-refractivity contribution in [3.63, 3.8) is 0 Å². The summed E-state index contributed by atoms with van der Waals surface area (Å²) in [5, 5.41) is 0. The molecule has 0 saturated carbocycles. The molecule has 80 valence electrons. The van der Waals surface area contributed by atoms with Gasteiger partial charge in [0, 0.05) is 6.61 Å². The zero-order valence-corrected chi connectivity index (χ0v) is 13.3. The Morgan fingerprint density at radius 2 is 2.08 bits per heavy atom. The number of hydrogen-bond acceptors (Lipinski definition) is 6. The summed E-state index contributed by atoms with van der Waals surface area (Å²) in [5.74, 6) is 0. The molecule has 0 atom stereocenters. The smallest absolute Gasteiger partial charge is 0.0233 e. The molecule has 1 nitrogen and oxygen atoms in total. The maximum Gasteiger partial charge on any atom is 0.0233 e. The highest BCUT2D eigenvalue weighted by atomic mass is 33.6. The van der Waals surface area contributed by atoms with Crippen LogP contribution in [0.4, 0.5) is 0 Å². The van der Waals surface area contributed by atoms with E-state index < -0.39 is 21.4 Å². The molecule has 0 amide bonds. The first-order chi connectivity index (χ1) is 6.13. The van der Waals surface area contributed by atoms with E-state index in [2.05, 4.69) is 6.92 Å². The Bertz CT molecular complexity index is 470. The number of rotatable bonds is 4. The lowest BCUT2D eigenvalue weighted by atomic mass is 10.4. The molecule has 13 heavy (non-hydrogen) atoms. The van der Waals surface area contributed by atoms with E-state index in [0.717, 1.165) is 12.8 Å². The fourth-order valence-corrected chi connectivity index (χ4v) is 14.9. The minimum absolute atomic E-state index is 0.417. The Morgan fingerprint density at radius 3 is 2.54 bits per heavy atom. The zero-order chi connectivity index (χ0) is 10.3. The van der Waals surface area contributed by atoms with Crippen molar-refractivity contribution < 1.29 is 4.18 Å². The monoisotopic (exact) mass is 329 g/mol. The van der Waals surface area contributed by atoms with Gasteiger partial charge in [-0.15, -0.1) is 0 Å². The van der Waals surface area contributed by atoms with Crippen molar-refractivity contribution in [3.8, 4) is 0 Å². The van der Waals surface area contributed by atoms with Gasteiger partial charge in [-0.25, -0.2) is 19.5 Å². The fourth-order valence-electron chi connectivity index (χ4n) is 0.379. The van der Waals surface area contributed by atoms with Crippen molar-refractivity contribution in [1.82, 2.24) is 0 Å². The molecule has 0 unspecified atom stereocenters. The Hall–Kier alpha value is 1.85. The van der Waals surface area contributed by atoms with Crippen molar-refractivity contribution >= 4 is 75.1 Å². The van der Waals surface area contributed by atoms with Crippen molar-refractivity contribution in [2.24, 2.45) is 0 Å². The lowest BCUT2D eigenvalue weighted by molar-refractivity contribution is 0.365. The topological polar surface area (TPSA) is 9.23 Å². The molecule has 0 radical (unpaired) electrons. The molecule has 0 saturated heterocycles. The summed E-state index contributed by atoms with van der Waals surface area (Å²) in [6, 6.07) is 0. The summed E-state index contributed by atoms with van der Waals surface area (Å²) in [5.41, 5.74) is 0. The number of unbranched alkanes of at least 4 members (excludes halogenated alkanes) is 1. The van der Waals surface area contributed by atoms with E-state index >= 15 is 0 Å². The van der Waals surface area contributed by atoms with Crippen LogP contribution in [0.3, 0.4) is 0 Å². The molecule has 0 spiro atoms. The zero-order valence-electron chi connectivity index (χ0n) is 6.80. The van der Waals surface area contributed by atoms with Crippen LogP contribution in [0, 0.1) is 0 Å². The van der Waals surface area contributed by atoms with E-state index in [1.165, 1.54) is 8.88 Å². The minimum Gasteiger partial charge on any atom is -0.466 e. The van der Waals surface area contributed by atoms with Gasteiger partial charge in [0.25, 0.3) is 0 Å². The highest BCUT2D eigenvalue weighted by molar-refractivity contribution is 8.87. The highest BCUT2D eigenvalue weighted by Crippen LogP contribution is 1.88. The van der Waals surface area contributed by atoms with Crippen LogP contribution in [0.15, 0.2) is 0 Å². The summed E-state index contributed by atoms with van der Waals surface area (Å²) in [6.07, 6.45) is 2.13. The normalized spacial score (nSPS) is 10.0. The average molecular weight is 330 g/mol. The van der Waals surface area contributed by atoms with Crippen LogP contribution in [-0.2, 0) is 79.3 Å². The predicted molar refractivity (Wildman–Crippen MR) is 79.8 cm³/mol. The molecule has 0 bridgehead atoms. The van der Waals surface area contributed by atoms with Gasteiger partial charge in [-0.2, -0.15) is 6.57 Å². The van der Waals surface area contributed by atoms with Gasteiger partial charge in [0.1, 0.15) is 0 Å². The van der Waals surface area contributed by atoms with E-state index in [-0.39, 0.29) is 0 Å². The van der Waals surface area contributed by atoms with Crippen LogP contribution in [0.1, 0.15) is 19.8 Å². The van der Waals surface area contributed by atoms with E-state index in [4.69, 9.17) is 48.9 Å². The molecular weight excluding hydrogens is 321 g/mol. The summed E-state index contributed by atoms with van der Waals surface area (Å²) in [6.45, 7) is 1.92. The van der Waals surface area contributed by atoms with E-state index in [1.807, 2.05) is 0 Å². The molecule has 0 heterocycles. The van der Waals surface area contributed by atoms with Crippen LogP contribution in [0.25, 0.3) is 0 Å². The second-order valence-electron chi connectivity index (χ2n) is 1.86. The average Bonchev–Trinajstić information content (AvgIpc) is 2.15. The molecule has 0 aromatic carbocycles. The van der Waals surface area contributed by atoms with Crippen LogP contribution in [0.5, 0.6) is 0 Å². The third kappa shape index (κ3) is 6.85. The molecule has 0 rings (SSSR count). The quantitative estimate of drug-likeness (QED) is 0.565. The molecule has 0 aliphatic rings. The van der Waals surface area contributed by atoms with Gasteiger partial charge in [0.15, 0.2) is 0 Å². The molecule has 0 aliphatic carbocycles. The lowest BCUT2D eigenvalue weighted by Crippen LogP contribution is -1.90. The number of hydrogen-bond donors (Lipinski definition) is 0. The van der Waals surface area contributed by atoms with Crippen LogP contribution < -0.4 is 0 Å². The molecule has 0 fully saturated rings. The highest BCUT2D eigenvalue weighted by Gasteiger charge is 1.75. The van der Waals surface area contributed by atoms with E-state index in [0.29, 0.717) is 6.61 Å². The lowest BCUT2D eigenvalue weighted by Gasteiger charge is -2.06. The second-order valence-corrected chi connectivity index (χ2v) is 17.3. The summed E-state index contributed by atoms with van der Waals surface area (Å²) in [7, 11) is 0.595. The molecule has 9 heteroatoms. The van der Waals surface area contributed by atoms with Gasteiger partial charge in [0.05, 0.1) is 0 Å². The Kier molecular flexibility index (Phi) is 10.4. The maximum atomic E-state index is 5.40. The molecule has 0 aliphatic heterocycles. The van der Waals surface area contributed by atoms with Gasteiger partial charge in [-0.1, -0.05) is 13.3 Å². The predicted octanol–water partition coefficient (Wildman–Crippen LogP) is 1.25. The van der Waals surface area contributed by atoms with Gasteiger partial charge < -0.3 is 4.18 Å². The SMILES string of the molecule is CCCCO[S-](=S)=S(=S)=S(=S)=S=S. The molecule has 0 aromatic rings.